The Bertz CT molecular complexity index is 438. The fourth-order valence-corrected chi connectivity index (χ4v) is 1.62. The Morgan fingerprint density at radius 1 is 1.58 bits per heavy atom. The molecule has 2 heterocycles. The van der Waals surface area contributed by atoms with Gasteiger partial charge in [0.2, 0.25) is 5.28 Å². The molecule has 2 aromatic heterocycles. The summed E-state index contributed by atoms with van der Waals surface area (Å²) in [5.41, 5.74) is 0.724. The minimum atomic E-state index is 0.234. The molecule has 0 unspecified atom stereocenters. The summed E-state index contributed by atoms with van der Waals surface area (Å²) in [5, 5.41) is 5.20. The van der Waals surface area contributed by atoms with Crippen molar-refractivity contribution in [3.05, 3.63) is 16.1 Å². The summed E-state index contributed by atoms with van der Waals surface area (Å²) in [5.74, 6) is 0. The maximum atomic E-state index is 5.62. The highest BCUT2D eigenvalue weighted by molar-refractivity contribution is 9.10. The predicted molar refractivity (Wildman–Crippen MR) is 49.0 cm³/mol. The average Bonchev–Trinajstić information content (AvgIpc) is 2.28. The zero-order chi connectivity index (χ0) is 8.72. The fraction of sp³-hybridized carbons (Fsp3) is 0.167. The number of aromatic nitrogens is 4. The molecule has 0 spiro atoms. The molecule has 0 aliphatic carbocycles. The average molecular weight is 247 g/mol. The quantitative estimate of drug-likeness (QED) is 0.667. The van der Waals surface area contributed by atoms with Crippen LogP contribution in [0, 0.1) is 0 Å². The van der Waals surface area contributed by atoms with E-state index in [0.29, 0.717) is 0 Å². The predicted octanol–water partition coefficient (Wildman–Crippen LogP) is 1.78. The topological polar surface area (TPSA) is 43.6 Å². The van der Waals surface area contributed by atoms with E-state index in [-0.39, 0.29) is 5.28 Å². The first-order valence-electron chi connectivity index (χ1n) is 3.19. The molecule has 0 saturated carbocycles. The number of nitrogens with zero attached hydrogens (tertiary/aromatic N) is 4. The van der Waals surface area contributed by atoms with Crippen molar-refractivity contribution >= 4 is 38.6 Å². The first-order valence-corrected chi connectivity index (χ1v) is 4.36. The molecule has 0 aliphatic rings. The van der Waals surface area contributed by atoms with Crippen molar-refractivity contribution in [1.29, 1.82) is 0 Å². The third-order valence-electron chi connectivity index (χ3n) is 1.51. The third kappa shape index (κ3) is 1.09. The molecule has 0 aromatic carbocycles. The normalized spacial score (nSPS) is 10.9. The molecule has 62 valence electrons. The van der Waals surface area contributed by atoms with E-state index in [0.717, 1.165) is 15.6 Å². The van der Waals surface area contributed by atoms with E-state index in [1.54, 1.807) is 17.9 Å². The van der Waals surface area contributed by atoms with Gasteiger partial charge in [0.1, 0.15) is 4.60 Å². The van der Waals surface area contributed by atoms with Gasteiger partial charge in [0.15, 0.2) is 5.65 Å². The van der Waals surface area contributed by atoms with Gasteiger partial charge >= 0.3 is 0 Å². The van der Waals surface area contributed by atoms with E-state index in [4.69, 9.17) is 11.6 Å². The molecule has 0 aliphatic heterocycles. The Morgan fingerprint density at radius 3 is 3.08 bits per heavy atom. The van der Waals surface area contributed by atoms with Gasteiger partial charge in [-0.2, -0.15) is 10.1 Å². The van der Waals surface area contributed by atoms with Crippen LogP contribution in [-0.4, -0.2) is 19.7 Å². The van der Waals surface area contributed by atoms with Crippen molar-refractivity contribution in [2.45, 2.75) is 0 Å². The summed E-state index contributed by atoms with van der Waals surface area (Å²) in [4.78, 5) is 7.87. The maximum absolute atomic E-state index is 5.62. The molecular formula is C6H4BrClN4. The van der Waals surface area contributed by atoms with E-state index in [2.05, 4.69) is 31.0 Å². The highest BCUT2D eigenvalue weighted by Gasteiger charge is 2.07. The van der Waals surface area contributed by atoms with Crippen molar-refractivity contribution in [2.75, 3.05) is 0 Å². The lowest BCUT2D eigenvalue weighted by Crippen LogP contribution is -1.92. The van der Waals surface area contributed by atoms with Gasteiger partial charge in [-0.1, -0.05) is 0 Å². The van der Waals surface area contributed by atoms with Crippen LogP contribution in [0.1, 0.15) is 0 Å². The molecule has 2 aromatic rings. The van der Waals surface area contributed by atoms with Gasteiger partial charge in [-0.05, 0) is 27.5 Å². The van der Waals surface area contributed by atoms with Gasteiger partial charge in [0, 0.05) is 13.2 Å². The number of halogens is 2. The molecule has 6 heteroatoms. The van der Waals surface area contributed by atoms with Crippen LogP contribution >= 0.6 is 27.5 Å². The van der Waals surface area contributed by atoms with Gasteiger partial charge in [-0.25, -0.2) is 9.67 Å². The minimum absolute atomic E-state index is 0.234. The van der Waals surface area contributed by atoms with E-state index >= 15 is 0 Å². The van der Waals surface area contributed by atoms with Gasteiger partial charge in [0.25, 0.3) is 0 Å². The Labute approximate surface area is 81.7 Å². The number of hydrogen-bond acceptors (Lipinski definition) is 3. The summed E-state index contributed by atoms with van der Waals surface area (Å²) in [6, 6.07) is 0. The lowest BCUT2D eigenvalue weighted by molar-refractivity contribution is 0.777. The Balaban J connectivity index is 2.90. The molecule has 0 fully saturated rings. The van der Waals surface area contributed by atoms with Gasteiger partial charge < -0.3 is 0 Å². The lowest BCUT2D eigenvalue weighted by atomic mass is 10.4. The Morgan fingerprint density at radius 2 is 2.33 bits per heavy atom. The fourth-order valence-electron chi connectivity index (χ4n) is 0.977. The second-order valence-corrected chi connectivity index (χ2v) is 3.38. The van der Waals surface area contributed by atoms with Crippen LogP contribution in [0.3, 0.4) is 0 Å². The summed E-state index contributed by atoms with van der Waals surface area (Å²) < 4.78 is 2.38. The van der Waals surface area contributed by atoms with Crippen LogP contribution in [0.15, 0.2) is 10.8 Å². The number of rotatable bonds is 0. The lowest BCUT2D eigenvalue weighted by Gasteiger charge is -1.91. The van der Waals surface area contributed by atoms with E-state index in [9.17, 15) is 0 Å². The van der Waals surface area contributed by atoms with Crippen LogP contribution < -0.4 is 0 Å². The van der Waals surface area contributed by atoms with E-state index in [1.165, 1.54) is 0 Å². The van der Waals surface area contributed by atoms with Crippen LogP contribution in [0.5, 0.6) is 0 Å². The largest absolute Gasteiger partial charge is 0.249 e. The van der Waals surface area contributed by atoms with Crippen LogP contribution in [0.4, 0.5) is 0 Å². The SMILES string of the molecule is Cn1nc(Br)c2cnc(Cl)nc21. The minimum Gasteiger partial charge on any atom is -0.249 e. The van der Waals surface area contributed by atoms with E-state index in [1.807, 2.05) is 0 Å². The summed E-state index contributed by atoms with van der Waals surface area (Å²) in [6.45, 7) is 0. The van der Waals surface area contributed by atoms with Gasteiger partial charge in [-0.3, -0.25) is 0 Å². The highest BCUT2D eigenvalue weighted by Crippen LogP contribution is 2.20. The molecule has 0 saturated heterocycles. The van der Waals surface area contributed by atoms with Crippen LogP contribution in [0.2, 0.25) is 5.28 Å². The molecule has 2 rings (SSSR count). The van der Waals surface area contributed by atoms with Gasteiger partial charge in [-0.15, -0.1) is 0 Å². The van der Waals surface area contributed by atoms with Crippen molar-refractivity contribution in [2.24, 2.45) is 7.05 Å². The van der Waals surface area contributed by atoms with Crippen LogP contribution in [-0.2, 0) is 7.05 Å². The molecular weight excluding hydrogens is 243 g/mol. The number of aryl methyl sites for hydroxylation is 1. The molecule has 0 N–H and O–H groups in total. The first kappa shape index (κ1) is 7.94. The second kappa shape index (κ2) is 2.67. The molecule has 0 bridgehead atoms. The number of hydrogen-bond donors (Lipinski definition) is 0. The zero-order valence-electron chi connectivity index (χ0n) is 6.12. The van der Waals surface area contributed by atoms with Crippen LogP contribution in [0.25, 0.3) is 11.0 Å². The summed E-state index contributed by atoms with van der Waals surface area (Å²) >= 11 is 8.91. The Hall–Kier alpha value is -0.680. The molecule has 0 atom stereocenters. The van der Waals surface area contributed by atoms with Crippen molar-refractivity contribution in [3.63, 3.8) is 0 Å². The third-order valence-corrected chi connectivity index (χ3v) is 2.27. The summed E-state index contributed by atoms with van der Waals surface area (Å²) in [7, 11) is 1.80. The number of fused-ring (bicyclic) bond motifs is 1. The smallest absolute Gasteiger partial charge is 0.224 e. The summed E-state index contributed by atoms with van der Waals surface area (Å²) in [6.07, 6.45) is 1.64. The monoisotopic (exact) mass is 246 g/mol. The van der Waals surface area contributed by atoms with E-state index < -0.39 is 0 Å². The second-order valence-electron chi connectivity index (χ2n) is 2.29. The highest BCUT2D eigenvalue weighted by atomic mass is 79.9. The zero-order valence-corrected chi connectivity index (χ0v) is 8.46. The first-order chi connectivity index (χ1) is 5.68. The molecule has 4 nitrogen and oxygen atoms in total. The maximum Gasteiger partial charge on any atom is 0.224 e. The molecule has 0 amide bonds. The van der Waals surface area contributed by atoms with Crippen molar-refractivity contribution < 1.29 is 0 Å². The molecule has 0 radical (unpaired) electrons. The molecule has 12 heavy (non-hydrogen) atoms. The van der Waals surface area contributed by atoms with Crippen molar-refractivity contribution in [3.8, 4) is 0 Å². The van der Waals surface area contributed by atoms with Crippen molar-refractivity contribution in [1.82, 2.24) is 19.7 Å². The standard InChI is InChI=1S/C6H4BrClN4/c1-12-5-3(4(7)11-12)2-9-6(8)10-5/h2H,1H3. The van der Waals surface area contributed by atoms with Gasteiger partial charge in [0.05, 0.1) is 5.39 Å². The Kier molecular flexibility index (Phi) is 1.77.